The molecule has 0 heterocycles. The van der Waals surface area contributed by atoms with Crippen LogP contribution < -0.4 is 0 Å². The topological polar surface area (TPSA) is 60.7 Å². The third-order valence-corrected chi connectivity index (χ3v) is 2.37. The molecule has 1 atom stereocenters. The Kier molecular flexibility index (Phi) is 5.04. The van der Waals surface area contributed by atoms with Crippen molar-refractivity contribution in [2.45, 2.75) is 5.92 Å². The summed E-state index contributed by atoms with van der Waals surface area (Å²) in [5.41, 5.74) is 1.58. The monoisotopic (exact) mass is 208 g/mol. The molecule has 3 N–H and O–H groups in total. The standard InChI is InChI=1S/C12H16O3/c13-7-6-11(8-14)12(9-15)10-4-2-1-3-5-10/h1-6,12-15H,7-9H2. The van der Waals surface area contributed by atoms with Crippen LogP contribution in [0.5, 0.6) is 0 Å². The SMILES string of the molecule is OCC=C(CO)C(CO)c1ccccc1. The van der Waals surface area contributed by atoms with Gasteiger partial charge in [-0.3, -0.25) is 0 Å². The minimum atomic E-state index is -0.233. The van der Waals surface area contributed by atoms with Gasteiger partial charge in [-0.25, -0.2) is 0 Å². The Hall–Kier alpha value is -1.16. The second-order valence-corrected chi connectivity index (χ2v) is 3.27. The third-order valence-electron chi connectivity index (χ3n) is 2.37. The van der Waals surface area contributed by atoms with Gasteiger partial charge in [-0.15, -0.1) is 0 Å². The maximum absolute atomic E-state index is 9.27. The van der Waals surface area contributed by atoms with E-state index in [1.807, 2.05) is 30.3 Å². The van der Waals surface area contributed by atoms with E-state index in [-0.39, 0.29) is 25.7 Å². The van der Waals surface area contributed by atoms with Crippen molar-refractivity contribution < 1.29 is 15.3 Å². The Morgan fingerprint density at radius 1 is 1.13 bits per heavy atom. The second kappa shape index (κ2) is 6.35. The van der Waals surface area contributed by atoms with Crippen molar-refractivity contribution in [3.8, 4) is 0 Å². The molecule has 0 fully saturated rings. The second-order valence-electron chi connectivity index (χ2n) is 3.27. The first-order valence-corrected chi connectivity index (χ1v) is 4.90. The smallest absolute Gasteiger partial charge is 0.0649 e. The maximum Gasteiger partial charge on any atom is 0.0649 e. The number of rotatable bonds is 5. The largest absolute Gasteiger partial charge is 0.395 e. The zero-order valence-corrected chi connectivity index (χ0v) is 8.50. The van der Waals surface area contributed by atoms with E-state index in [0.717, 1.165) is 5.56 Å². The van der Waals surface area contributed by atoms with Crippen molar-refractivity contribution in [2.24, 2.45) is 0 Å². The molecule has 0 aliphatic rings. The molecule has 0 saturated carbocycles. The zero-order chi connectivity index (χ0) is 11.1. The van der Waals surface area contributed by atoms with Crippen LogP contribution in [0.4, 0.5) is 0 Å². The molecule has 0 radical (unpaired) electrons. The van der Waals surface area contributed by atoms with Crippen LogP contribution in [0.2, 0.25) is 0 Å². The quantitative estimate of drug-likeness (QED) is 0.623. The van der Waals surface area contributed by atoms with E-state index in [4.69, 9.17) is 10.2 Å². The van der Waals surface area contributed by atoms with Crippen LogP contribution in [-0.4, -0.2) is 35.1 Å². The predicted octanol–water partition coefficient (Wildman–Crippen LogP) is 0.673. The van der Waals surface area contributed by atoms with E-state index >= 15 is 0 Å². The number of hydrogen-bond acceptors (Lipinski definition) is 3. The lowest BCUT2D eigenvalue weighted by Crippen LogP contribution is -2.11. The molecule has 0 aliphatic carbocycles. The highest BCUT2D eigenvalue weighted by Crippen LogP contribution is 2.23. The van der Waals surface area contributed by atoms with Gasteiger partial charge in [0.1, 0.15) is 0 Å². The van der Waals surface area contributed by atoms with Gasteiger partial charge in [0.2, 0.25) is 0 Å². The summed E-state index contributed by atoms with van der Waals surface area (Å²) in [5, 5.41) is 27.2. The Morgan fingerprint density at radius 3 is 2.27 bits per heavy atom. The van der Waals surface area contributed by atoms with Crippen LogP contribution in [0, 0.1) is 0 Å². The Labute approximate surface area is 89.3 Å². The van der Waals surface area contributed by atoms with E-state index in [1.165, 1.54) is 6.08 Å². The molecule has 3 heteroatoms. The maximum atomic E-state index is 9.27. The summed E-state index contributed by atoms with van der Waals surface area (Å²) >= 11 is 0. The molecule has 1 rings (SSSR count). The molecular weight excluding hydrogens is 192 g/mol. The van der Waals surface area contributed by atoms with Gasteiger partial charge in [-0.1, -0.05) is 36.4 Å². The van der Waals surface area contributed by atoms with Gasteiger partial charge >= 0.3 is 0 Å². The number of hydrogen-bond donors (Lipinski definition) is 3. The third kappa shape index (κ3) is 3.16. The van der Waals surface area contributed by atoms with Crippen LogP contribution in [0.15, 0.2) is 42.0 Å². The lowest BCUT2D eigenvalue weighted by molar-refractivity contribution is 0.256. The molecule has 0 amide bonds. The summed E-state index contributed by atoms with van der Waals surface area (Å²) in [6.45, 7) is -0.351. The van der Waals surface area contributed by atoms with E-state index in [0.29, 0.717) is 5.57 Å². The first-order chi connectivity index (χ1) is 7.33. The highest BCUT2D eigenvalue weighted by molar-refractivity contribution is 5.29. The van der Waals surface area contributed by atoms with Gasteiger partial charge in [-0.2, -0.15) is 0 Å². The predicted molar refractivity (Wildman–Crippen MR) is 58.5 cm³/mol. The fraction of sp³-hybridized carbons (Fsp3) is 0.333. The Morgan fingerprint density at radius 2 is 1.80 bits per heavy atom. The van der Waals surface area contributed by atoms with Crippen molar-refractivity contribution in [3.63, 3.8) is 0 Å². The lowest BCUT2D eigenvalue weighted by Gasteiger charge is -2.16. The minimum absolute atomic E-state index is 0.0730. The lowest BCUT2D eigenvalue weighted by atomic mass is 9.92. The van der Waals surface area contributed by atoms with Crippen molar-refractivity contribution in [1.82, 2.24) is 0 Å². The summed E-state index contributed by atoms with van der Waals surface area (Å²) in [6, 6.07) is 9.44. The Balaban J connectivity index is 2.93. The number of aliphatic hydroxyl groups is 3. The van der Waals surface area contributed by atoms with E-state index in [1.54, 1.807) is 0 Å². The molecule has 0 spiro atoms. The highest BCUT2D eigenvalue weighted by atomic mass is 16.3. The van der Waals surface area contributed by atoms with E-state index < -0.39 is 0 Å². The first kappa shape index (κ1) is 11.9. The molecule has 1 aromatic carbocycles. The van der Waals surface area contributed by atoms with Gasteiger partial charge in [0, 0.05) is 5.92 Å². The first-order valence-electron chi connectivity index (χ1n) is 4.90. The fourth-order valence-corrected chi connectivity index (χ4v) is 1.56. The summed E-state index contributed by atoms with van der Waals surface area (Å²) in [6.07, 6.45) is 1.54. The van der Waals surface area contributed by atoms with Gasteiger partial charge in [0.05, 0.1) is 19.8 Å². The average Bonchev–Trinajstić information content (AvgIpc) is 2.30. The molecule has 0 bridgehead atoms. The van der Waals surface area contributed by atoms with Gasteiger partial charge < -0.3 is 15.3 Å². The van der Waals surface area contributed by atoms with Crippen LogP contribution in [0.25, 0.3) is 0 Å². The molecule has 82 valence electrons. The van der Waals surface area contributed by atoms with Crippen LogP contribution >= 0.6 is 0 Å². The molecule has 1 aromatic rings. The van der Waals surface area contributed by atoms with Gasteiger partial charge in [0.15, 0.2) is 0 Å². The van der Waals surface area contributed by atoms with Crippen LogP contribution in [0.1, 0.15) is 11.5 Å². The minimum Gasteiger partial charge on any atom is -0.395 e. The molecule has 0 aliphatic heterocycles. The number of benzene rings is 1. The average molecular weight is 208 g/mol. The normalized spacial score (nSPS) is 13.9. The van der Waals surface area contributed by atoms with Crippen molar-refractivity contribution >= 4 is 0 Å². The van der Waals surface area contributed by atoms with Gasteiger partial charge in [0.25, 0.3) is 0 Å². The molecular formula is C12H16O3. The van der Waals surface area contributed by atoms with Crippen molar-refractivity contribution in [2.75, 3.05) is 19.8 Å². The van der Waals surface area contributed by atoms with Crippen molar-refractivity contribution in [1.29, 1.82) is 0 Å². The molecule has 15 heavy (non-hydrogen) atoms. The summed E-state index contributed by atoms with van der Waals surface area (Å²) < 4.78 is 0. The number of aliphatic hydroxyl groups excluding tert-OH is 3. The molecule has 0 saturated heterocycles. The van der Waals surface area contributed by atoms with Crippen LogP contribution in [-0.2, 0) is 0 Å². The van der Waals surface area contributed by atoms with Gasteiger partial charge in [-0.05, 0) is 11.1 Å². The summed E-state index contributed by atoms with van der Waals surface area (Å²) in [7, 11) is 0. The summed E-state index contributed by atoms with van der Waals surface area (Å²) in [4.78, 5) is 0. The molecule has 3 nitrogen and oxygen atoms in total. The fourth-order valence-electron chi connectivity index (χ4n) is 1.56. The van der Waals surface area contributed by atoms with Crippen LogP contribution in [0.3, 0.4) is 0 Å². The molecule has 1 unspecified atom stereocenters. The van der Waals surface area contributed by atoms with E-state index in [9.17, 15) is 5.11 Å². The summed E-state index contributed by atoms with van der Waals surface area (Å²) in [5.74, 6) is -0.233. The zero-order valence-electron chi connectivity index (χ0n) is 8.50. The Bertz CT molecular complexity index is 306. The van der Waals surface area contributed by atoms with E-state index in [2.05, 4.69) is 0 Å². The highest BCUT2D eigenvalue weighted by Gasteiger charge is 2.14. The van der Waals surface area contributed by atoms with Crippen molar-refractivity contribution in [3.05, 3.63) is 47.5 Å². The molecule has 0 aromatic heterocycles.